The van der Waals surface area contributed by atoms with Crippen molar-refractivity contribution in [1.82, 2.24) is 0 Å². The molecule has 14 heavy (non-hydrogen) atoms. The molecule has 0 spiro atoms. The molecule has 74 valence electrons. The van der Waals surface area contributed by atoms with Crippen LogP contribution in [-0.4, -0.2) is 11.1 Å². The Hall–Kier alpha value is -1.64. The Labute approximate surface area is 81.7 Å². The van der Waals surface area contributed by atoms with E-state index in [2.05, 4.69) is 0 Å². The molecule has 1 N–H and O–H groups in total. The number of halogens is 1. The van der Waals surface area contributed by atoms with Gasteiger partial charge in [-0.25, -0.2) is 9.18 Å². The predicted octanol–water partition coefficient (Wildman–Crippen LogP) is 2.54. The summed E-state index contributed by atoms with van der Waals surface area (Å²) in [5, 5.41) is 8.45. The van der Waals surface area contributed by atoms with Crippen molar-refractivity contribution in [3.63, 3.8) is 0 Å². The topological polar surface area (TPSA) is 37.3 Å². The molecule has 0 amide bonds. The first-order chi connectivity index (χ1) is 6.52. The van der Waals surface area contributed by atoms with Gasteiger partial charge in [-0.3, -0.25) is 0 Å². The molecule has 1 rings (SSSR count). The Bertz CT molecular complexity index is 395. The molecule has 0 unspecified atom stereocenters. The number of aryl methyl sites for hydroxylation is 1. The van der Waals surface area contributed by atoms with E-state index in [0.717, 1.165) is 11.6 Å². The minimum atomic E-state index is -1.03. The summed E-state index contributed by atoms with van der Waals surface area (Å²) in [6, 6.07) is 3.01. The molecule has 0 radical (unpaired) electrons. The number of rotatable bonds is 2. The Balaban J connectivity index is 3.19. The lowest BCUT2D eigenvalue weighted by Crippen LogP contribution is -1.92. The lowest BCUT2D eigenvalue weighted by Gasteiger charge is -2.05. The SMILES string of the molecule is Cc1ccc(F)c(C)c1/C=C/C(=O)O. The molecule has 2 nitrogen and oxygen atoms in total. The van der Waals surface area contributed by atoms with Crippen LogP contribution in [-0.2, 0) is 4.79 Å². The van der Waals surface area contributed by atoms with Crippen LogP contribution in [0.25, 0.3) is 6.08 Å². The Kier molecular flexibility index (Phi) is 3.02. The molecule has 3 heteroatoms. The lowest BCUT2D eigenvalue weighted by molar-refractivity contribution is -0.131. The van der Waals surface area contributed by atoms with Gasteiger partial charge in [0.25, 0.3) is 0 Å². The maximum Gasteiger partial charge on any atom is 0.328 e. The monoisotopic (exact) mass is 194 g/mol. The molecular weight excluding hydrogens is 183 g/mol. The third kappa shape index (κ3) is 2.19. The van der Waals surface area contributed by atoms with Gasteiger partial charge in [-0.2, -0.15) is 0 Å². The molecule has 0 aliphatic rings. The predicted molar refractivity (Wildman–Crippen MR) is 52.5 cm³/mol. The summed E-state index contributed by atoms with van der Waals surface area (Å²) in [5.41, 5.74) is 1.97. The molecular formula is C11H11FO2. The van der Waals surface area contributed by atoms with E-state index < -0.39 is 5.97 Å². The maximum atomic E-state index is 13.1. The summed E-state index contributed by atoms with van der Waals surface area (Å²) in [5.74, 6) is -1.35. The molecule has 0 saturated carbocycles. The van der Waals surface area contributed by atoms with E-state index in [1.54, 1.807) is 13.0 Å². The summed E-state index contributed by atoms with van der Waals surface area (Å²) in [6.45, 7) is 3.44. The van der Waals surface area contributed by atoms with E-state index in [0.29, 0.717) is 11.1 Å². The summed E-state index contributed by atoms with van der Waals surface area (Å²) < 4.78 is 13.1. The van der Waals surface area contributed by atoms with Gasteiger partial charge in [0.2, 0.25) is 0 Å². The molecule has 0 aliphatic carbocycles. The van der Waals surface area contributed by atoms with Gasteiger partial charge in [-0.05, 0) is 42.7 Å². The summed E-state index contributed by atoms with van der Waals surface area (Å²) in [6.07, 6.45) is 2.42. The van der Waals surface area contributed by atoms with Crippen molar-refractivity contribution in [3.8, 4) is 0 Å². The number of hydrogen-bond donors (Lipinski definition) is 1. The first-order valence-corrected chi connectivity index (χ1v) is 4.19. The number of carboxylic acid groups (broad SMARTS) is 1. The van der Waals surface area contributed by atoms with Crippen molar-refractivity contribution in [3.05, 3.63) is 40.7 Å². The van der Waals surface area contributed by atoms with Gasteiger partial charge < -0.3 is 5.11 Å². The fraction of sp³-hybridized carbons (Fsp3) is 0.182. The fourth-order valence-electron chi connectivity index (χ4n) is 1.25. The second kappa shape index (κ2) is 4.05. The number of benzene rings is 1. The van der Waals surface area contributed by atoms with Crippen molar-refractivity contribution >= 4 is 12.0 Å². The van der Waals surface area contributed by atoms with E-state index in [4.69, 9.17) is 5.11 Å². The first kappa shape index (κ1) is 10.4. The Morgan fingerprint density at radius 3 is 2.64 bits per heavy atom. The van der Waals surface area contributed by atoms with Crippen LogP contribution in [0.15, 0.2) is 18.2 Å². The smallest absolute Gasteiger partial charge is 0.328 e. The Morgan fingerprint density at radius 2 is 2.07 bits per heavy atom. The van der Waals surface area contributed by atoms with Gasteiger partial charge >= 0.3 is 5.97 Å². The maximum absolute atomic E-state index is 13.1. The summed E-state index contributed by atoms with van der Waals surface area (Å²) in [4.78, 5) is 10.3. The highest BCUT2D eigenvalue weighted by molar-refractivity contribution is 5.85. The van der Waals surface area contributed by atoms with Crippen LogP contribution in [0, 0.1) is 19.7 Å². The summed E-state index contributed by atoms with van der Waals surface area (Å²) in [7, 11) is 0. The van der Waals surface area contributed by atoms with Gasteiger partial charge in [-0.1, -0.05) is 6.07 Å². The van der Waals surface area contributed by atoms with Gasteiger partial charge in [0.1, 0.15) is 5.82 Å². The summed E-state index contributed by atoms with van der Waals surface area (Å²) >= 11 is 0. The van der Waals surface area contributed by atoms with Crippen LogP contribution in [0.1, 0.15) is 16.7 Å². The minimum absolute atomic E-state index is 0.319. The zero-order valence-electron chi connectivity index (χ0n) is 8.04. The molecule has 0 aromatic heterocycles. The second-order valence-electron chi connectivity index (χ2n) is 3.07. The van der Waals surface area contributed by atoms with Gasteiger partial charge in [0.05, 0.1) is 0 Å². The molecule has 0 aliphatic heterocycles. The van der Waals surface area contributed by atoms with Crippen LogP contribution in [0.2, 0.25) is 0 Å². The van der Waals surface area contributed by atoms with Gasteiger partial charge in [-0.15, -0.1) is 0 Å². The average Bonchev–Trinajstić information content (AvgIpc) is 2.11. The van der Waals surface area contributed by atoms with E-state index >= 15 is 0 Å². The Morgan fingerprint density at radius 1 is 1.43 bits per heavy atom. The minimum Gasteiger partial charge on any atom is -0.478 e. The highest BCUT2D eigenvalue weighted by Gasteiger charge is 2.04. The van der Waals surface area contributed by atoms with Crippen molar-refractivity contribution in [1.29, 1.82) is 0 Å². The highest BCUT2D eigenvalue weighted by atomic mass is 19.1. The van der Waals surface area contributed by atoms with Crippen LogP contribution in [0.3, 0.4) is 0 Å². The molecule has 0 fully saturated rings. The normalized spacial score (nSPS) is 10.8. The number of hydrogen-bond acceptors (Lipinski definition) is 1. The fourth-order valence-corrected chi connectivity index (χ4v) is 1.25. The third-order valence-electron chi connectivity index (χ3n) is 2.06. The van der Waals surface area contributed by atoms with Crippen LogP contribution >= 0.6 is 0 Å². The molecule has 0 saturated heterocycles. The molecule has 0 bridgehead atoms. The first-order valence-electron chi connectivity index (χ1n) is 4.19. The van der Waals surface area contributed by atoms with Gasteiger partial charge in [0.15, 0.2) is 0 Å². The molecule has 1 aromatic carbocycles. The van der Waals surface area contributed by atoms with Crippen molar-refractivity contribution in [2.45, 2.75) is 13.8 Å². The third-order valence-corrected chi connectivity index (χ3v) is 2.06. The quantitative estimate of drug-likeness (QED) is 0.734. The van der Waals surface area contributed by atoms with Gasteiger partial charge in [0, 0.05) is 6.08 Å². The standard InChI is InChI=1S/C11H11FO2/c1-7-3-5-10(12)8(2)9(7)4-6-11(13)14/h3-6H,1-2H3,(H,13,14)/b6-4+. The number of aliphatic carboxylic acids is 1. The van der Waals surface area contributed by atoms with Crippen molar-refractivity contribution < 1.29 is 14.3 Å². The molecule has 0 heterocycles. The van der Waals surface area contributed by atoms with E-state index in [1.807, 2.05) is 6.92 Å². The molecule has 1 aromatic rings. The zero-order valence-corrected chi connectivity index (χ0v) is 8.04. The highest BCUT2D eigenvalue weighted by Crippen LogP contribution is 2.18. The van der Waals surface area contributed by atoms with Crippen molar-refractivity contribution in [2.75, 3.05) is 0 Å². The average molecular weight is 194 g/mol. The molecule has 0 atom stereocenters. The van der Waals surface area contributed by atoms with Crippen LogP contribution in [0.5, 0.6) is 0 Å². The zero-order chi connectivity index (χ0) is 10.7. The van der Waals surface area contributed by atoms with E-state index in [-0.39, 0.29) is 5.82 Å². The van der Waals surface area contributed by atoms with Crippen LogP contribution in [0.4, 0.5) is 4.39 Å². The second-order valence-corrected chi connectivity index (χ2v) is 3.07. The lowest BCUT2D eigenvalue weighted by atomic mass is 10.0. The van der Waals surface area contributed by atoms with E-state index in [1.165, 1.54) is 12.1 Å². The number of carboxylic acids is 1. The largest absolute Gasteiger partial charge is 0.478 e. The van der Waals surface area contributed by atoms with Crippen molar-refractivity contribution in [2.24, 2.45) is 0 Å². The van der Waals surface area contributed by atoms with Crippen LogP contribution < -0.4 is 0 Å². The number of carbonyl (C=O) groups is 1. The van der Waals surface area contributed by atoms with E-state index in [9.17, 15) is 9.18 Å².